The molecule has 2 aromatic rings. The maximum absolute atomic E-state index is 13.7. The molecule has 0 aliphatic heterocycles. The van der Waals surface area contributed by atoms with Gasteiger partial charge in [0.05, 0.1) is 11.8 Å². The van der Waals surface area contributed by atoms with E-state index in [4.69, 9.17) is 0 Å². The lowest BCUT2D eigenvalue weighted by Crippen LogP contribution is -2.11. The van der Waals surface area contributed by atoms with Crippen LogP contribution in [0.1, 0.15) is 25.0 Å². The standard InChI is InChI=1S/C16H18FNO/c1-3-16(19)12-8-10-13(11-9-12)18(2)15-7-5-4-6-14(15)17/h4-11,16,19H,3H2,1-2H3/t16-/m0/s1. The molecular formula is C16H18FNO. The van der Waals surface area contributed by atoms with E-state index in [2.05, 4.69) is 0 Å². The van der Waals surface area contributed by atoms with E-state index in [1.165, 1.54) is 6.07 Å². The average Bonchev–Trinajstić information content (AvgIpc) is 2.46. The summed E-state index contributed by atoms with van der Waals surface area (Å²) in [5.74, 6) is -0.248. The van der Waals surface area contributed by atoms with Crippen LogP contribution in [0.4, 0.5) is 15.8 Å². The average molecular weight is 259 g/mol. The summed E-state index contributed by atoms with van der Waals surface area (Å²) in [5.41, 5.74) is 2.30. The molecule has 0 fully saturated rings. The zero-order valence-corrected chi connectivity index (χ0v) is 11.2. The van der Waals surface area contributed by atoms with Gasteiger partial charge in [-0.1, -0.05) is 31.2 Å². The van der Waals surface area contributed by atoms with E-state index in [0.717, 1.165) is 11.3 Å². The second-order valence-electron chi connectivity index (χ2n) is 4.53. The van der Waals surface area contributed by atoms with Crippen LogP contribution in [0.5, 0.6) is 0 Å². The van der Waals surface area contributed by atoms with Crippen molar-refractivity contribution in [3.8, 4) is 0 Å². The van der Waals surface area contributed by atoms with Crippen LogP contribution in [0.15, 0.2) is 48.5 Å². The van der Waals surface area contributed by atoms with Crippen molar-refractivity contribution in [2.75, 3.05) is 11.9 Å². The smallest absolute Gasteiger partial charge is 0.146 e. The molecule has 2 aromatic carbocycles. The first kappa shape index (κ1) is 13.6. The van der Waals surface area contributed by atoms with Crippen molar-refractivity contribution in [2.24, 2.45) is 0 Å². The predicted octanol–water partition coefficient (Wildman–Crippen LogP) is 4.04. The van der Waals surface area contributed by atoms with Crippen LogP contribution < -0.4 is 4.90 Å². The SMILES string of the molecule is CC[C@H](O)c1ccc(N(C)c2ccccc2F)cc1. The van der Waals surface area contributed by atoms with Crippen LogP contribution >= 0.6 is 0 Å². The Bertz CT molecular complexity index is 539. The number of aliphatic hydroxyl groups is 1. The van der Waals surface area contributed by atoms with Gasteiger partial charge in [0.15, 0.2) is 0 Å². The van der Waals surface area contributed by atoms with Crippen molar-refractivity contribution in [1.82, 2.24) is 0 Å². The number of rotatable bonds is 4. The highest BCUT2D eigenvalue weighted by molar-refractivity contribution is 5.63. The number of hydrogen-bond donors (Lipinski definition) is 1. The zero-order valence-electron chi connectivity index (χ0n) is 11.2. The molecule has 0 saturated heterocycles. The summed E-state index contributed by atoms with van der Waals surface area (Å²) in [6.07, 6.45) is 0.246. The first-order chi connectivity index (χ1) is 9.13. The summed E-state index contributed by atoms with van der Waals surface area (Å²) in [6, 6.07) is 14.2. The van der Waals surface area contributed by atoms with Gasteiger partial charge >= 0.3 is 0 Å². The van der Waals surface area contributed by atoms with E-state index in [-0.39, 0.29) is 5.82 Å². The molecule has 0 radical (unpaired) electrons. The number of anilines is 2. The Hall–Kier alpha value is -1.87. The molecule has 100 valence electrons. The van der Waals surface area contributed by atoms with Crippen molar-refractivity contribution < 1.29 is 9.50 Å². The van der Waals surface area contributed by atoms with E-state index >= 15 is 0 Å². The molecule has 0 aromatic heterocycles. The summed E-state index contributed by atoms with van der Waals surface area (Å²) in [4.78, 5) is 1.79. The lowest BCUT2D eigenvalue weighted by Gasteiger charge is -2.20. The number of halogens is 1. The second kappa shape index (κ2) is 5.85. The fourth-order valence-corrected chi connectivity index (χ4v) is 2.02. The number of para-hydroxylation sites is 1. The van der Waals surface area contributed by atoms with Gasteiger partial charge in [-0.15, -0.1) is 0 Å². The molecule has 0 spiro atoms. The van der Waals surface area contributed by atoms with Crippen LogP contribution in [-0.2, 0) is 0 Å². The van der Waals surface area contributed by atoms with E-state index in [9.17, 15) is 9.50 Å². The van der Waals surface area contributed by atoms with Gasteiger partial charge in [0.1, 0.15) is 5.82 Å². The highest BCUT2D eigenvalue weighted by Crippen LogP contribution is 2.27. The normalized spacial score (nSPS) is 12.2. The van der Waals surface area contributed by atoms with Gasteiger partial charge in [-0.2, -0.15) is 0 Å². The highest BCUT2D eigenvalue weighted by Gasteiger charge is 2.10. The summed E-state index contributed by atoms with van der Waals surface area (Å²) in [7, 11) is 1.82. The molecule has 0 aliphatic rings. The van der Waals surface area contributed by atoms with Crippen LogP contribution in [0, 0.1) is 5.82 Å². The molecule has 2 rings (SSSR count). The Labute approximate surface area is 113 Å². The number of benzene rings is 2. The van der Waals surface area contributed by atoms with Crippen molar-refractivity contribution in [3.05, 3.63) is 59.9 Å². The summed E-state index contributed by atoms with van der Waals surface area (Å²) in [5, 5.41) is 9.75. The molecule has 19 heavy (non-hydrogen) atoms. The zero-order chi connectivity index (χ0) is 13.8. The Kier molecular flexibility index (Phi) is 4.17. The maximum Gasteiger partial charge on any atom is 0.146 e. The van der Waals surface area contributed by atoms with Crippen LogP contribution in [-0.4, -0.2) is 12.2 Å². The lowest BCUT2D eigenvalue weighted by atomic mass is 10.1. The summed E-state index contributed by atoms with van der Waals surface area (Å²) >= 11 is 0. The topological polar surface area (TPSA) is 23.5 Å². The Morgan fingerprint density at radius 3 is 2.32 bits per heavy atom. The molecule has 0 saturated carbocycles. The molecule has 0 amide bonds. The van der Waals surface area contributed by atoms with Crippen LogP contribution in [0.2, 0.25) is 0 Å². The maximum atomic E-state index is 13.7. The quantitative estimate of drug-likeness (QED) is 0.895. The monoisotopic (exact) mass is 259 g/mol. The molecule has 0 aliphatic carbocycles. The third-order valence-electron chi connectivity index (χ3n) is 3.27. The molecule has 3 heteroatoms. The molecule has 1 atom stereocenters. The van der Waals surface area contributed by atoms with E-state index in [0.29, 0.717) is 12.1 Å². The van der Waals surface area contributed by atoms with Gasteiger partial charge in [-0.25, -0.2) is 4.39 Å². The molecule has 2 nitrogen and oxygen atoms in total. The third-order valence-corrected chi connectivity index (χ3v) is 3.27. The molecule has 0 unspecified atom stereocenters. The highest BCUT2D eigenvalue weighted by atomic mass is 19.1. The van der Waals surface area contributed by atoms with E-state index in [1.807, 2.05) is 44.3 Å². The van der Waals surface area contributed by atoms with Gasteiger partial charge < -0.3 is 10.0 Å². The molecule has 0 heterocycles. The molecule has 1 N–H and O–H groups in total. The lowest BCUT2D eigenvalue weighted by molar-refractivity contribution is 0.173. The van der Waals surface area contributed by atoms with Crippen molar-refractivity contribution in [2.45, 2.75) is 19.4 Å². The first-order valence-corrected chi connectivity index (χ1v) is 6.39. The Balaban J connectivity index is 2.25. The molecular weight excluding hydrogens is 241 g/mol. The third kappa shape index (κ3) is 2.93. The number of nitrogens with zero attached hydrogens (tertiary/aromatic N) is 1. The Morgan fingerprint density at radius 2 is 1.74 bits per heavy atom. The molecule has 0 bridgehead atoms. The Morgan fingerprint density at radius 1 is 1.11 bits per heavy atom. The van der Waals surface area contributed by atoms with Crippen LogP contribution in [0.25, 0.3) is 0 Å². The minimum atomic E-state index is -0.437. The van der Waals surface area contributed by atoms with Crippen LogP contribution in [0.3, 0.4) is 0 Å². The second-order valence-corrected chi connectivity index (χ2v) is 4.53. The fraction of sp³-hybridized carbons (Fsp3) is 0.250. The number of aliphatic hydroxyl groups excluding tert-OH is 1. The van der Waals surface area contributed by atoms with E-state index < -0.39 is 6.10 Å². The first-order valence-electron chi connectivity index (χ1n) is 6.39. The van der Waals surface area contributed by atoms with Crippen molar-refractivity contribution in [1.29, 1.82) is 0 Å². The number of hydrogen-bond acceptors (Lipinski definition) is 2. The minimum absolute atomic E-state index is 0.248. The van der Waals surface area contributed by atoms with Gasteiger partial charge in [0.2, 0.25) is 0 Å². The van der Waals surface area contributed by atoms with Gasteiger partial charge in [-0.3, -0.25) is 0 Å². The van der Waals surface area contributed by atoms with E-state index in [1.54, 1.807) is 17.0 Å². The predicted molar refractivity (Wildman–Crippen MR) is 76.2 cm³/mol. The van der Waals surface area contributed by atoms with Gasteiger partial charge in [0.25, 0.3) is 0 Å². The fourth-order valence-electron chi connectivity index (χ4n) is 2.02. The summed E-state index contributed by atoms with van der Waals surface area (Å²) in [6.45, 7) is 1.93. The largest absolute Gasteiger partial charge is 0.388 e. The van der Waals surface area contributed by atoms with Crippen molar-refractivity contribution >= 4 is 11.4 Å². The minimum Gasteiger partial charge on any atom is -0.388 e. The van der Waals surface area contributed by atoms with Crippen molar-refractivity contribution in [3.63, 3.8) is 0 Å². The van der Waals surface area contributed by atoms with Gasteiger partial charge in [0, 0.05) is 12.7 Å². The summed E-state index contributed by atoms with van der Waals surface area (Å²) < 4.78 is 13.7. The van der Waals surface area contributed by atoms with Gasteiger partial charge in [-0.05, 0) is 36.2 Å².